The Morgan fingerprint density at radius 1 is 0.667 bits per heavy atom. The SMILES string of the molecule is CCC1C=CC(c2ccc(-c3ccc(C(F)(F)Oc4ccc(-c5cc(F)c(F)c(F)c5)c(F)c4)c(F)c3F)cc2)CC1. The number of hydrogen-bond acceptors (Lipinski definition) is 1. The molecule has 218 valence electrons. The summed E-state index contributed by atoms with van der Waals surface area (Å²) in [5.41, 5.74) is -1.15. The van der Waals surface area contributed by atoms with Gasteiger partial charge in [0.05, 0.1) is 0 Å². The summed E-state index contributed by atoms with van der Waals surface area (Å²) in [6, 6.07) is 11.8. The third kappa shape index (κ3) is 5.78. The lowest BCUT2D eigenvalue weighted by atomic mass is 9.83. The maximum absolute atomic E-state index is 15.0. The predicted molar refractivity (Wildman–Crippen MR) is 143 cm³/mol. The van der Waals surface area contributed by atoms with Gasteiger partial charge in [-0.2, -0.15) is 8.78 Å². The van der Waals surface area contributed by atoms with Gasteiger partial charge in [0.1, 0.15) is 17.1 Å². The lowest BCUT2D eigenvalue weighted by Crippen LogP contribution is -2.24. The summed E-state index contributed by atoms with van der Waals surface area (Å²) in [7, 11) is 0. The molecule has 4 aromatic rings. The van der Waals surface area contributed by atoms with Crippen LogP contribution in [0.15, 0.2) is 78.9 Å². The maximum atomic E-state index is 15.0. The fraction of sp³-hybridized carbons (Fsp3) is 0.212. The van der Waals surface area contributed by atoms with Crippen LogP contribution in [0.25, 0.3) is 22.3 Å². The number of rotatable bonds is 7. The fourth-order valence-electron chi connectivity index (χ4n) is 5.11. The first-order valence-electron chi connectivity index (χ1n) is 13.3. The largest absolute Gasteiger partial charge is 0.429 e. The summed E-state index contributed by atoms with van der Waals surface area (Å²) >= 11 is 0. The zero-order valence-electron chi connectivity index (χ0n) is 22.2. The number of allylic oxidation sites excluding steroid dienone is 2. The molecule has 1 nitrogen and oxygen atoms in total. The second kappa shape index (κ2) is 11.6. The predicted octanol–water partition coefficient (Wildman–Crippen LogP) is 10.4. The van der Waals surface area contributed by atoms with Crippen molar-refractivity contribution in [2.75, 3.05) is 0 Å². The first kappa shape index (κ1) is 29.4. The summed E-state index contributed by atoms with van der Waals surface area (Å²) < 4.78 is 119. The highest BCUT2D eigenvalue weighted by molar-refractivity contribution is 5.66. The molecular weight excluding hydrogens is 564 g/mol. The van der Waals surface area contributed by atoms with E-state index in [1.165, 1.54) is 0 Å². The van der Waals surface area contributed by atoms with Crippen LogP contribution < -0.4 is 4.74 Å². The van der Waals surface area contributed by atoms with E-state index in [2.05, 4.69) is 23.8 Å². The minimum atomic E-state index is -4.42. The molecule has 42 heavy (non-hydrogen) atoms. The van der Waals surface area contributed by atoms with E-state index in [1.807, 2.05) is 0 Å². The molecule has 2 unspecified atom stereocenters. The molecule has 1 aliphatic carbocycles. The van der Waals surface area contributed by atoms with Gasteiger partial charge in [-0.1, -0.05) is 49.4 Å². The van der Waals surface area contributed by atoms with Gasteiger partial charge in [-0.25, -0.2) is 26.3 Å². The van der Waals surface area contributed by atoms with E-state index in [-0.39, 0.29) is 17.0 Å². The van der Waals surface area contributed by atoms with Crippen LogP contribution in [0, 0.1) is 40.8 Å². The third-order valence-corrected chi connectivity index (χ3v) is 7.52. The Bertz CT molecular complexity index is 1620. The maximum Gasteiger partial charge on any atom is 0.429 e. The highest BCUT2D eigenvalue weighted by Gasteiger charge is 2.39. The highest BCUT2D eigenvalue weighted by Crippen LogP contribution is 2.39. The van der Waals surface area contributed by atoms with E-state index in [1.54, 1.807) is 24.3 Å². The quantitative estimate of drug-likeness (QED) is 0.119. The molecule has 1 aliphatic rings. The van der Waals surface area contributed by atoms with Gasteiger partial charge < -0.3 is 4.74 Å². The molecule has 0 saturated carbocycles. The summed E-state index contributed by atoms with van der Waals surface area (Å²) in [5.74, 6) is -9.48. The number of ether oxygens (including phenoxy) is 1. The van der Waals surface area contributed by atoms with Crippen LogP contribution in [0.3, 0.4) is 0 Å². The molecule has 0 fully saturated rings. The van der Waals surface area contributed by atoms with Crippen molar-refractivity contribution in [2.45, 2.75) is 38.2 Å². The number of alkyl halides is 2. The summed E-state index contributed by atoms with van der Waals surface area (Å²) in [6.45, 7) is 2.13. The van der Waals surface area contributed by atoms with Gasteiger partial charge in [0.15, 0.2) is 29.1 Å². The Hall–Kier alpha value is -4.14. The summed E-state index contributed by atoms with van der Waals surface area (Å²) in [4.78, 5) is 0. The molecule has 4 aromatic carbocycles. The second-order valence-electron chi connectivity index (χ2n) is 10.2. The molecule has 5 rings (SSSR count). The molecule has 0 heterocycles. The normalized spacial score (nSPS) is 17.0. The van der Waals surface area contributed by atoms with Crippen molar-refractivity contribution in [1.29, 1.82) is 0 Å². The Morgan fingerprint density at radius 2 is 1.33 bits per heavy atom. The minimum absolute atomic E-state index is 0.207. The van der Waals surface area contributed by atoms with E-state index >= 15 is 4.39 Å². The van der Waals surface area contributed by atoms with Gasteiger partial charge in [0.2, 0.25) is 0 Å². The average Bonchev–Trinajstić information content (AvgIpc) is 2.97. The van der Waals surface area contributed by atoms with E-state index in [0.29, 0.717) is 35.7 Å². The Balaban J connectivity index is 1.36. The van der Waals surface area contributed by atoms with E-state index in [0.717, 1.165) is 43.0 Å². The van der Waals surface area contributed by atoms with Crippen molar-refractivity contribution in [3.8, 4) is 28.0 Å². The average molecular weight is 589 g/mol. The van der Waals surface area contributed by atoms with Crippen LogP contribution in [0.1, 0.15) is 43.2 Å². The van der Waals surface area contributed by atoms with Gasteiger partial charge >= 0.3 is 6.11 Å². The lowest BCUT2D eigenvalue weighted by Gasteiger charge is -2.22. The van der Waals surface area contributed by atoms with E-state index in [4.69, 9.17) is 0 Å². The molecule has 0 saturated heterocycles. The van der Waals surface area contributed by atoms with Crippen molar-refractivity contribution in [3.05, 3.63) is 125 Å². The zero-order valence-corrected chi connectivity index (χ0v) is 22.2. The van der Waals surface area contributed by atoms with Crippen LogP contribution in [0.2, 0.25) is 0 Å². The third-order valence-electron chi connectivity index (χ3n) is 7.52. The van der Waals surface area contributed by atoms with Crippen LogP contribution in [0.5, 0.6) is 5.75 Å². The lowest BCUT2D eigenvalue weighted by molar-refractivity contribution is -0.187. The van der Waals surface area contributed by atoms with Crippen LogP contribution in [-0.2, 0) is 6.11 Å². The molecule has 0 aromatic heterocycles. The van der Waals surface area contributed by atoms with E-state index < -0.39 is 57.9 Å². The standard InChI is InChI=1S/C33H24F8O/c1-2-18-3-5-19(6-4-18)20-7-9-21(10-8-20)25-13-14-26(31(38)30(25)37)33(40,41)42-23-11-12-24(27(34)17-23)22-15-28(35)32(39)29(36)16-22/h3,5,7-19H,2,4,6H2,1H3. The topological polar surface area (TPSA) is 9.23 Å². The van der Waals surface area contributed by atoms with Gasteiger partial charge in [0, 0.05) is 23.1 Å². The molecule has 0 radical (unpaired) electrons. The van der Waals surface area contributed by atoms with Crippen molar-refractivity contribution < 1.29 is 39.9 Å². The van der Waals surface area contributed by atoms with Crippen molar-refractivity contribution in [1.82, 2.24) is 0 Å². The van der Waals surface area contributed by atoms with Gasteiger partial charge in [-0.05, 0) is 72.2 Å². The highest BCUT2D eigenvalue weighted by atomic mass is 19.3. The Morgan fingerprint density at radius 3 is 1.93 bits per heavy atom. The second-order valence-corrected chi connectivity index (χ2v) is 10.2. The number of halogens is 8. The van der Waals surface area contributed by atoms with Gasteiger partial charge in [-0.3, -0.25) is 0 Å². The molecule has 0 aliphatic heterocycles. The van der Waals surface area contributed by atoms with Gasteiger partial charge in [-0.15, -0.1) is 0 Å². The molecule has 2 atom stereocenters. The molecule has 0 bridgehead atoms. The Labute approximate surface area is 237 Å². The number of benzene rings is 4. The fourth-order valence-corrected chi connectivity index (χ4v) is 5.11. The van der Waals surface area contributed by atoms with Crippen molar-refractivity contribution in [2.24, 2.45) is 5.92 Å². The molecule has 0 N–H and O–H groups in total. The van der Waals surface area contributed by atoms with Crippen molar-refractivity contribution >= 4 is 0 Å². The van der Waals surface area contributed by atoms with Crippen LogP contribution in [0.4, 0.5) is 35.1 Å². The van der Waals surface area contributed by atoms with Crippen LogP contribution >= 0.6 is 0 Å². The monoisotopic (exact) mass is 588 g/mol. The first-order valence-corrected chi connectivity index (χ1v) is 13.3. The smallest absolute Gasteiger partial charge is 0.429 e. The molecular formula is C33H24F8O. The summed E-state index contributed by atoms with van der Waals surface area (Å²) in [5, 5.41) is 0. The number of hydrogen-bond donors (Lipinski definition) is 0. The molecule has 9 heteroatoms. The zero-order chi connectivity index (χ0) is 30.2. The van der Waals surface area contributed by atoms with Crippen molar-refractivity contribution in [3.63, 3.8) is 0 Å². The minimum Gasteiger partial charge on any atom is -0.429 e. The van der Waals surface area contributed by atoms with Crippen LogP contribution in [-0.4, -0.2) is 0 Å². The molecule has 0 spiro atoms. The molecule has 0 amide bonds. The van der Waals surface area contributed by atoms with Gasteiger partial charge in [0.25, 0.3) is 0 Å². The summed E-state index contributed by atoms with van der Waals surface area (Å²) in [6.07, 6.45) is 3.01. The first-order chi connectivity index (χ1) is 20.0. The van der Waals surface area contributed by atoms with E-state index in [9.17, 15) is 30.7 Å². The Kier molecular flexibility index (Phi) is 8.12.